The van der Waals surface area contributed by atoms with Gasteiger partial charge in [-0.05, 0) is 45.6 Å². The highest BCUT2D eigenvalue weighted by molar-refractivity contribution is 9.11. The van der Waals surface area contributed by atoms with Crippen molar-refractivity contribution < 1.29 is 8.42 Å². The van der Waals surface area contributed by atoms with Gasteiger partial charge < -0.3 is 4.98 Å². The van der Waals surface area contributed by atoms with Gasteiger partial charge in [0.05, 0.1) is 3.79 Å². The first-order valence-electron chi connectivity index (χ1n) is 5.85. The molecule has 0 atom stereocenters. The highest BCUT2D eigenvalue weighted by atomic mass is 79.9. The number of benzene rings is 1. The molecule has 0 bridgehead atoms. The maximum absolute atomic E-state index is 12.2. The predicted molar refractivity (Wildman–Crippen MR) is 87.4 cm³/mol. The number of nitrogens with one attached hydrogen (secondary N) is 2. The van der Waals surface area contributed by atoms with Crippen LogP contribution in [-0.2, 0) is 10.0 Å². The minimum Gasteiger partial charge on any atom is -0.328 e. The minimum absolute atomic E-state index is 0.195. The van der Waals surface area contributed by atoms with Crippen LogP contribution in [0.3, 0.4) is 0 Å². The van der Waals surface area contributed by atoms with Crippen LogP contribution >= 0.6 is 27.3 Å². The number of anilines is 1. The molecule has 3 rings (SSSR count). The van der Waals surface area contributed by atoms with Gasteiger partial charge in [-0.15, -0.1) is 11.3 Å². The van der Waals surface area contributed by atoms with Crippen LogP contribution in [0, 0.1) is 0 Å². The smallest absolute Gasteiger partial charge is 0.271 e. The van der Waals surface area contributed by atoms with Crippen LogP contribution < -0.4 is 10.3 Å². The number of rotatable bonds is 3. The number of hydrogen-bond donors (Lipinski definition) is 2. The summed E-state index contributed by atoms with van der Waals surface area (Å²) in [5.74, 6) is 0. The molecule has 0 unspecified atom stereocenters. The van der Waals surface area contributed by atoms with E-state index in [4.69, 9.17) is 0 Å². The SMILES string of the molecule is O=c1cc2ccc(NS(=O)(=O)c3ccc(Br)s3)cc2c[nH]1. The molecule has 5 nitrogen and oxygen atoms in total. The molecule has 0 aliphatic carbocycles. The molecule has 8 heteroatoms. The zero-order valence-electron chi connectivity index (χ0n) is 10.5. The lowest BCUT2D eigenvalue weighted by Crippen LogP contribution is -2.11. The molecule has 0 aliphatic rings. The number of aromatic amines is 1. The number of H-pyrrole nitrogens is 1. The Morgan fingerprint density at radius 2 is 1.90 bits per heavy atom. The van der Waals surface area contributed by atoms with Crippen molar-refractivity contribution >= 4 is 53.7 Å². The molecule has 2 aromatic heterocycles. The van der Waals surface area contributed by atoms with Crippen LogP contribution in [0.5, 0.6) is 0 Å². The molecule has 21 heavy (non-hydrogen) atoms. The van der Waals surface area contributed by atoms with Crippen molar-refractivity contribution in [3.8, 4) is 0 Å². The number of fused-ring (bicyclic) bond motifs is 1. The maximum atomic E-state index is 12.2. The van der Waals surface area contributed by atoms with Gasteiger partial charge in [-0.1, -0.05) is 6.07 Å². The van der Waals surface area contributed by atoms with Gasteiger partial charge >= 0.3 is 0 Å². The Morgan fingerprint density at radius 1 is 1.10 bits per heavy atom. The third kappa shape index (κ3) is 3.02. The van der Waals surface area contributed by atoms with E-state index in [9.17, 15) is 13.2 Å². The van der Waals surface area contributed by atoms with Gasteiger partial charge in [0.25, 0.3) is 10.0 Å². The van der Waals surface area contributed by atoms with Gasteiger partial charge in [-0.3, -0.25) is 9.52 Å². The Labute approximate surface area is 132 Å². The Kier molecular flexibility index (Phi) is 3.60. The van der Waals surface area contributed by atoms with Crippen LogP contribution in [0.15, 0.2) is 55.4 Å². The molecule has 0 saturated heterocycles. The summed E-state index contributed by atoms with van der Waals surface area (Å²) in [7, 11) is -3.60. The highest BCUT2D eigenvalue weighted by Gasteiger charge is 2.16. The Balaban J connectivity index is 1.98. The molecule has 3 aromatic rings. The van der Waals surface area contributed by atoms with E-state index in [0.29, 0.717) is 5.69 Å². The van der Waals surface area contributed by atoms with E-state index in [1.54, 1.807) is 30.5 Å². The largest absolute Gasteiger partial charge is 0.328 e. The number of pyridine rings is 1. The summed E-state index contributed by atoms with van der Waals surface area (Å²) in [5.41, 5.74) is 0.248. The number of halogens is 1. The van der Waals surface area contributed by atoms with Crippen molar-refractivity contribution in [1.29, 1.82) is 0 Å². The van der Waals surface area contributed by atoms with Crippen LogP contribution in [-0.4, -0.2) is 13.4 Å². The van der Waals surface area contributed by atoms with Gasteiger partial charge in [-0.25, -0.2) is 8.42 Å². The fourth-order valence-electron chi connectivity index (χ4n) is 1.87. The lowest BCUT2D eigenvalue weighted by Gasteiger charge is -2.07. The molecule has 0 saturated carbocycles. The van der Waals surface area contributed by atoms with E-state index in [1.807, 2.05) is 0 Å². The Hall–Kier alpha value is -1.64. The molecule has 0 aliphatic heterocycles. The van der Waals surface area contributed by atoms with Crippen LogP contribution in [0.2, 0.25) is 0 Å². The molecular weight excluding hydrogens is 376 g/mol. The lowest BCUT2D eigenvalue weighted by atomic mass is 10.1. The molecule has 1 aromatic carbocycles. The number of aromatic nitrogens is 1. The normalized spacial score (nSPS) is 11.7. The summed E-state index contributed by atoms with van der Waals surface area (Å²) in [6.07, 6.45) is 1.55. The van der Waals surface area contributed by atoms with Gasteiger partial charge in [-0.2, -0.15) is 0 Å². The van der Waals surface area contributed by atoms with Gasteiger partial charge in [0.2, 0.25) is 5.56 Å². The van der Waals surface area contributed by atoms with Crippen molar-refractivity contribution in [2.75, 3.05) is 4.72 Å². The third-order valence-electron chi connectivity index (χ3n) is 2.81. The topological polar surface area (TPSA) is 79.0 Å². The fourth-order valence-corrected chi connectivity index (χ4v) is 4.93. The van der Waals surface area contributed by atoms with E-state index in [1.165, 1.54) is 12.1 Å². The van der Waals surface area contributed by atoms with E-state index in [-0.39, 0.29) is 9.77 Å². The van der Waals surface area contributed by atoms with Crippen molar-refractivity contribution in [2.24, 2.45) is 0 Å². The standard InChI is InChI=1S/C13H9BrN2O3S2/c14-11-3-4-13(20-11)21(18,19)16-10-2-1-8-6-12(17)15-7-9(8)5-10/h1-7,16H,(H,15,17). The first-order chi connectivity index (χ1) is 9.94. The average Bonchev–Trinajstić information content (AvgIpc) is 2.86. The number of sulfonamides is 1. The molecule has 108 valence electrons. The predicted octanol–water partition coefficient (Wildman–Crippen LogP) is 3.15. The van der Waals surface area contributed by atoms with Crippen molar-refractivity contribution in [2.45, 2.75) is 4.21 Å². The first-order valence-corrected chi connectivity index (χ1v) is 8.94. The van der Waals surface area contributed by atoms with Crippen LogP contribution in [0.4, 0.5) is 5.69 Å². The molecule has 2 N–H and O–H groups in total. The summed E-state index contributed by atoms with van der Waals surface area (Å²) in [6.45, 7) is 0. The molecule has 0 spiro atoms. The first kappa shape index (κ1) is 14.3. The Bertz CT molecular complexity index is 976. The molecule has 2 heterocycles. The second kappa shape index (κ2) is 5.28. The van der Waals surface area contributed by atoms with Crippen molar-refractivity contribution in [3.05, 3.63) is 56.7 Å². The summed E-state index contributed by atoms with van der Waals surface area (Å²) < 4.78 is 28.0. The van der Waals surface area contributed by atoms with Gasteiger partial charge in [0, 0.05) is 23.3 Å². The van der Waals surface area contributed by atoms with Crippen LogP contribution in [0.1, 0.15) is 0 Å². The van der Waals surface area contributed by atoms with E-state index in [0.717, 1.165) is 25.9 Å². The lowest BCUT2D eigenvalue weighted by molar-refractivity contribution is 0.603. The van der Waals surface area contributed by atoms with E-state index >= 15 is 0 Å². The van der Waals surface area contributed by atoms with Gasteiger partial charge in [0.15, 0.2) is 0 Å². The highest BCUT2D eigenvalue weighted by Crippen LogP contribution is 2.28. The second-order valence-electron chi connectivity index (χ2n) is 4.31. The average molecular weight is 385 g/mol. The molecule has 0 radical (unpaired) electrons. The second-order valence-corrected chi connectivity index (χ2v) is 8.68. The van der Waals surface area contributed by atoms with Gasteiger partial charge in [0.1, 0.15) is 4.21 Å². The summed E-state index contributed by atoms with van der Waals surface area (Å²) >= 11 is 4.38. The minimum atomic E-state index is -3.60. The molecular formula is C13H9BrN2O3S2. The molecule has 0 fully saturated rings. The van der Waals surface area contributed by atoms with E-state index in [2.05, 4.69) is 25.6 Å². The fraction of sp³-hybridized carbons (Fsp3) is 0. The summed E-state index contributed by atoms with van der Waals surface area (Å²) in [4.78, 5) is 13.8. The monoisotopic (exact) mass is 384 g/mol. The zero-order chi connectivity index (χ0) is 15.0. The maximum Gasteiger partial charge on any atom is 0.271 e. The summed E-state index contributed by atoms with van der Waals surface area (Å²) in [6, 6.07) is 9.68. The number of thiophene rings is 1. The van der Waals surface area contributed by atoms with Crippen LogP contribution in [0.25, 0.3) is 10.8 Å². The Morgan fingerprint density at radius 3 is 2.62 bits per heavy atom. The zero-order valence-corrected chi connectivity index (χ0v) is 13.7. The van der Waals surface area contributed by atoms with Crippen molar-refractivity contribution in [1.82, 2.24) is 4.98 Å². The summed E-state index contributed by atoms with van der Waals surface area (Å²) in [5, 5.41) is 1.50. The number of hydrogen-bond acceptors (Lipinski definition) is 4. The quantitative estimate of drug-likeness (QED) is 0.727. The van der Waals surface area contributed by atoms with Crippen molar-refractivity contribution in [3.63, 3.8) is 0 Å². The van der Waals surface area contributed by atoms with E-state index < -0.39 is 10.0 Å². The third-order valence-corrected chi connectivity index (χ3v) is 6.31. The molecule has 0 amide bonds.